The van der Waals surface area contributed by atoms with E-state index in [4.69, 9.17) is 14.2 Å². The van der Waals surface area contributed by atoms with Gasteiger partial charge in [-0.15, -0.1) is 24.0 Å². The van der Waals surface area contributed by atoms with Crippen LogP contribution in [0.5, 0.6) is 17.4 Å². The van der Waals surface area contributed by atoms with E-state index in [1.807, 2.05) is 43.3 Å². The number of rotatable bonds is 8. The lowest BCUT2D eigenvalue weighted by Crippen LogP contribution is -2.40. The third-order valence-corrected chi connectivity index (χ3v) is 4.37. The zero-order valence-corrected chi connectivity index (χ0v) is 19.2. The van der Waals surface area contributed by atoms with Crippen LogP contribution in [0.15, 0.2) is 47.6 Å². The molecule has 0 bridgehead atoms. The van der Waals surface area contributed by atoms with E-state index in [2.05, 4.69) is 20.6 Å². The normalized spacial score (nSPS) is 16.1. The van der Waals surface area contributed by atoms with Gasteiger partial charge in [0.25, 0.3) is 0 Å². The van der Waals surface area contributed by atoms with Crippen LogP contribution < -0.4 is 20.1 Å². The minimum absolute atomic E-state index is 0. The highest BCUT2D eigenvalue weighted by molar-refractivity contribution is 14.0. The first-order valence-corrected chi connectivity index (χ1v) is 9.69. The van der Waals surface area contributed by atoms with Crippen molar-refractivity contribution in [2.75, 3.05) is 26.8 Å². The van der Waals surface area contributed by atoms with Crippen LogP contribution in [0.4, 0.5) is 0 Å². The van der Waals surface area contributed by atoms with Gasteiger partial charge < -0.3 is 24.8 Å². The Morgan fingerprint density at radius 1 is 1.21 bits per heavy atom. The molecule has 0 radical (unpaired) electrons. The summed E-state index contributed by atoms with van der Waals surface area (Å²) in [5.41, 5.74) is 1.03. The fourth-order valence-corrected chi connectivity index (χ4v) is 2.92. The second-order valence-corrected chi connectivity index (χ2v) is 6.43. The molecule has 1 aromatic heterocycles. The molecular weight excluding hydrogens is 483 g/mol. The van der Waals surface area contributed by atoms with Gasteiger partial charge in [0.15, 0.2) is 17.5 Å². The van der Waals surface area contributed by atoms with E-state index >= 15 is 0 Å². The number of guanidine groups is 1. The summed E-state index contributed by atoms with van der Waals surface area (Å²) in [6.07, 6.45) is 4.30. The van der Waals surface area contributed by atoms with Gasteiger partial charge in [-0.1, -0.05) is 18.2 Å². The van der Waals surface area contributed by atoms with Crippen molar-refractivity contribution >= 4 is 29.9 Å². The number of aliphatic imine (C=N–C) groups is 1. The maximum atomic E-state index is 5.85. The number of nitrogens with zero attached hydrogens (tertiary/aromatic N) is 2. The summed E-state index contributed by atoms with van der Waals surface area (Å²) in [6.45, 7) is 4.77. The molecule has 8 heteroatoms. The Labute approximate surface area is 189 Å². The number of hydrogen-bond donors (Lipinski definition) is 2. The van der Waals surface area contributed by atoms with Crippen molar-refractivity contribution < 1.29 is 14.2 Å². The highest BCUT2D eigenvalue weighted by Gasteiger charge is 2.15. The second-order valence-electron chi connectivity index (χ2n) is 6.43. The lowest BCUT2D eigenvalue weighted by molar-refractivity contribution is 0.114. The first kappa shape index (κ1) is 23.2. The van der Waals surface area contributed by atoms with Gasteiger partial charge in [-0.3, -0.25) is 4.99 Å². The van der Waals surface area contributed by atoms with E-state index in [1.165, 1.54) is 0 Å². The van der Waals surface area contributed by atoms with Crippen molar-refractivity contribution in [2.24, 2.45) is 4.99 Å². The molecule has 1 fully saturated rings. The predicted molar refractivity (Wildman–Crippen MR) is 125 cm³/mol. The SMILES string of the molecule is CCOc1ccccc1Oc1ccc(CNC(=NC)NCC2CCCO2)cn1.I. The Hall–Kier alpha value is -2.07. The summed E-state index contributed by atoms with van der Waals surface area (Å²) >= 11 is 0. The second kappa shape index (κ2) is 12.5. The van der Waals surface area contributed by atoms with Gasteiger partial charge in [-0.25, -0.2) is 4.98 Å². The molecule has 0 saturated carbocycles. The minimum atomic E-state index is 0. The van der Waals surface area contributed by atoms with Gasteiger partial charge >= 0.3 is 0 Å². The maximum Gasteiger partial charge on any atom is 0.219 e. The summed E-state index contributed by atoms with van der Waals surface area (Å²) in [5, 5.41) is 6.59. The average molecular weight is 512 g/mol. The molecular formula is C21H29IN4O3. The van der Waals surface area contributed by atoms with Crippen molar-refractivity contribution in [3.8, 4) is 17.4 Å². The summed E-state index contributed by atoms with van der Waals surface area (Å²) in [5.74, 6) is 2.64. The van der Waals surface area contributed by atoms with Crippen LogP contribution in [0.1, 0.15) is 25.3 Å². The van der Waals surface area contributed by atoms with Gasteiger partial charge in [-0.05, 0) is 37.5 Å². The van der Waals surface area contributed by atoms with E-state index in [0.29, 0.717) is 30.5 Å². The predicted octanol–water partition coefficient (Wildman–Crippen LogP) is 3.73. The number of benzene rings is 1. The molecule has 2 N–H and O–H groups in total. The minimum Gasteiger partial charge on any atom is -0.490 e. The lowest BCUT2D eigenvalue weighted by atomic mass is 10.2. The molecule has 1 aliphatic rings. The smallest absolute Gasteiger partial charge is 0.219 e. The number of hydrogen-bond acceptors (Lipinski definition) is 5. The third-order valence-electron chi connectivity index (χ3n) is 4.37. The Bertz CT molecular complexity index is 765. The van der Waals surface area contributed by atoms with Gasteiger partial charge in [0, 0.05) is 39.0 Å². The molecule has 1 aliphatic heterocycles. The maximum absolute atomic E-state index is 5.85. The zero-order chi connectivity index (χ0) is 19.6. The van der Waals surface area contributed by atoms with Gasteiger partial charge in [-0.2, -0.15) is 0 Å². The van der Waals surface area contributed by atoms with Crippen LogP contribution in [0.2, 0.25) is 0 Å². The molecule has 1 unspecified atom stereocenters. The molecule has 0 spiro atoms. The molecule has 2 aromatic rings. The highest BCUT2D eigenvalue weighted by atomic mass is 127. The van der Waals surface area contributed by atoms with Crippen LogP contribution in [-0.2, 0) is 11.3 Å². The molecule has 158 valence electrons. The largest absolute Gasteiger partial charge is 0.490 e. The number of pyridine rings is 1. The molecule has 2 heterocycles. The molecule has 1 aromatic carbocycles. The summed E-state index contributed by atoms with van der Waals surface area (Å²) < 4.78 is 17.0. The fourth-order valence-electron chi connectivity index (χ4n) is 2.92. The molecule has 0 amide bonds. The van der Waals surface area contributed by atoms with Crippen LogP contribution in [-0.4, -0.2) is 43.9 Å². The Morgan fingerprint density at radius 3 is 2.69 bits per heavy atom. The number of ether oxygens (including phenoxy) is 3. The van der Waals surface area contributed by atoms with Crippen molar-refractivity contribution in [3.05, 3.63) is 48.2 Å². The molecule has 29 heavy (non-hydrogen) atoms. The monoisotopic (exact) mass is 512 g/mol. The van der Waals surface area contributed by atoms with Crippen molar-refractivity contribution in [1.82, 2.24) is 15.6 Å². The number of aromatic nitrogens is 1. The Morgan fingerprint density at radius 2 is 2.03 bits per heavy atom. The third kappa shape index (κ3) is 7.36. The van der Waals surface area contributed by atoms with E-state index in [1.54, 1.807) is 13.2 Å². The number of nitrogens with one attached hydrogen (secondary N) is 2. The first-order chi connectivity index (χ1) is 13.8. The molecule has 1 atom stereocenters. The van der Waals surface area contributed by atoms with Crippen molar-refractivity contribution in [1.29, 1.82) is 0 Å². The Kier molecular flexibility index (Phi) is 9.99. The molecule has 3 rings (SSSR count). The Balaban J connectivity index is 0.00000300. The van der Waals surface area contributed by atoms with Crippen LogP contribution >= 0.6 is 24.0 Å². The number of para-hydroxylation sites is 2. The van der Waals surface area contributed by atoms with Gasteiger partial charge in [0.2, 0.25) is 5.88 Å². The van der Waals surface area contributed by atoms with E-state index in [9.17, 15) is 0 Å². The topological polar surface area (TPSA) is 77.0 Å². The first-order valence-electron chi connectivity index (χ1n) is 9.69. The zero-order valence-electron chi connectivity index (χ0n) is 16.9. The van der Waals surface area contributed by atoms with Crippen molar-refractivity contribution in [3.63, 3.8) is 0 Å². The van der Waals surface area contributed by atoms with Crippen LogP contribution in [0.3, 0.4) is 0 Å². The number of halogens is 1. The van der Waals surface area contributed by atoms with Crippen LogP contribution in [0.25, 0.3) is 0 Å². The van der Waals surface area contributed by atoms with E-state index in [0.717, 1.165) is 37.5 Å². The standard InChI is InChI=1S/C21H28N4O3.HI/c1-3-26-18-8-4-5-9-19(18)28-20-11-10-16(13-23-20)14-24-21(22-2)25-15-17-7-6-12-27-17;/h4-5,8-11,13,17H,3,6-7,12,14-15H2,1-2H3,(H2,22,24,25);1H. The van der Waals surface area contributed by atoms with Gasteiger partial charge in [0.1, 0.15) is 0 Å². The summed E-state index contributed by atoms with van der Waals surface area (Å²) in [7, 11) is 1.76. The van der Waals surface area contributed by atoms with E-state index in [-0.39, 0.29) is 30.1 Å². The lowest BCUT2D eigenvalue weighted by Gasteiger charge is -2.15. The highest BCUT2D eigenvalue weighted by Crippen LogP contribution is 2.30. The molecule has 7 nitrogen and oxygen atoms in total. The average Bonchev–Trinajstić information content (AvgIpc) is 3.25. The molecule has 0 aliphatic carbocycles. The summed E-state index contributed by atoms with van der Waals surface area (Å²) in [6, 6.07) is 11.4. The van der Waals surface area contributed by atoms with Crippen molar-refractivity contribution in [2.45, 2.75) is 32.4 Å². The quantitative estimate of drug-likeness (QED) is 0.319. The van der Waals surface area contributed by atoms with E-state index < -0.39 is 0 Å². The fraction of sp³-hybridized carbons (Fsp3) is 0.429. The summed E-state index contributed by atoms with van der Waals surface area (Å²) in [4.78, 5) is 8.63. The van der Waals surface area contributed by atoms with Gasteiger partial charge in [0.05, 0.1) is 12.7 Å². The van der Waals surface area contributed by atoms with Crippen LogP contribution in [0, 0.1) is 0 Å². The molecule has 1 saturated heterocycles.